The van der Waals surface area contributed by atoms with E-state index in [9.17, 15) is 4.79 Å². The molecule has 114 valence electrons. The van der Waals surface area contributed by atoms with Crippen LogP contribution in [-0.2, 0) is 9.53 Å². The van der Waals surface area contributed by atoms with Crippen LogP contribution in [0.15, 0.2) is 24.3 Å². The molecule has 1 aromatic carbocycles. The zero-order valence-corrected chi connectivity index (χ0v) is 13.4. The van der Waals surface area contributed by atoms with Crippen LogP contribution >= 0.6 is 11.6 Å². The Morgan fingerprint density at radius 3 is 2.52 bits per heavy atom. The van der Waals surface area contributed by atoms with Crippen molar-refractivity contribution in [1.29, 1.82) is 0 Å². The molecule has 0 bridgehead atoms. The lowest BCUT2D eigenvalue weighted by atomic mass is 10.1. The van der Waals surface area contributed by atoms with Crippen LogP contribution in [-0.4, -0.2) is 35.6 Å². The highest BCUT2D eigenvalue weighted by Gasteiger charge is 2.59. The van der Waals surface area contributed by atoms with Crippen LogP contribution in [0, 0.1) is 0 Å². The molecule has 1 atom stereocenters. The quantitative estimate of drug-likeness (QED) is 0.930. The minimum atomic E-state index is -0.373. The Morgan fingerprint density at radius 2 is 2.00 bits per heavy atom. The number of hydrogen-bond donors (Lipinski definition) is 1. The van der Waals surface area contributed by atoms with Crippen LogP contribution in [0.1, 0.15) is 38.4 Å². The summed E-state index contributed by atoms with van der Waals surface area (Å²) < 4.78 is 5.50. The second-order valence-electron chi connectivity index (χ2n) is 6.58. The molecular weight excluding hydrogens is 288 g/mol. The Kier molecular flexibility index (Phi) is 3.51. The van der Waals surface area contributed by atoms with Crippen molar-refractivity contribution in [2.24, 2.45) is 0 Å². The van der Waals surface area contributed by atoms with Gasteiger partial charge in [-0.25, -0.2) is 0 Å². The zero-order valence-electron chi connectivity index (χ0n) is 12.6. The van der Waals surface area contributed by atoms with Crippen molar-refractivity contribution in [3.63, 3.8) is 0 Å². The molecule has 5 heteroatoms. The van der Waals surface area contributed by atoms with E-state index in [1.165, 1.54) is 0 Å². The lowest BCUT2D eigenvalue weighted by Crippen LogP contribution is -2.43. The highest BCUT2D eigenvalue weighted by atomic mass is 35.5. The van der Waals surface area contributed by atoms with Crippen LogP contribution in [0.25, 0.3) is 0 Å². The van der Waals surface area contributed by atoms with Crippen molar-refractivity contribution in [3.05, 3.63) is 34.9 Å². The number of hydrogen-bond acceptors (Lipinski definition) is 3. The number of carbonyl (C=O) groups is 1. The molecule has 0 aromatic heterocycles. The number of carbonyl (C=O) groups excluding carboxylic acids is 1. The predicted molar refractivity (Wildman–Crippen MR) is 82.1 cm³/mol. The smallest absolute Gasteiger partial charge is 0.244 e. The molecule has 1 amide bonds. The fraction of sp³-hybridized carbons (Fsp3) is 0.562. The first-order valence-corrected chi connectivity index (χ1v) is 7.64. The van der Waals surface area contributed by atoms with Gasteiger partial charge in [0.25, 0.3) is 0 Å². The van der Waals surface area contributed by atoms with Gasteiger partial charge in [0.05, 0.1) is 12.1 Å². The van der Waals surface area contributed by atoms with Crippen LogP contribution in [0.4, 0.5) is 0 Å². The van der Waals surface area contributed by atoms with Crippen LogP contribution < -0.4 is 5.32 Å². The second kappa shape index (κ2) is 4.97. The van der Waals surface area contributed by atoms with Crippen molar-refractivity contribution in [1.82, 2.24) is 10.2 Å². The topological polar surface area (TPSA) is 41.6 Å². The molecule has 3 rings (SSSR count). The largest absolute Gasteiger partial charge is 0.377 e. The Bertz CT molecular complexity index is 552. The predicted octanol–water partition coefficient (Wildman–Crippen LogP) is 2.73. The summed E-state index contributed by atoms with van der Waals surface area (Å²) in [5, 5.41) is 4.20. The molecule has 2 aliphatic rings. The van der Waals surface area contributed by atoms with Gasteiger partial charge >= 0.3 is 0 Å². The highest BCUT2D eigenvalue weighted by molar-refractivity contribution is 6.30. The average Bonchev–Trinajstić information content (AvgIpc) is 3.19. The van der Waals surface area contributed by atoms with E-state index >= 15 is 0 Å². The molecular formula is C16H21ClN2O2. The maximum atomic E-state index is 12.7. The van der Waals surface area contributed by atoms with Gasteiger partial charge in [-0.3, -0.25) is 10.1 Å². The van der Waals surface area contributed by atoms with E-state index in [0.717, 1.165) is 18.4 Å². The molecule has 1 spiro atoms. The Labute approximate surface area is 130 Å². The summed E-state index contributed by atoms with van der Waals surface area (Å²) in [4.78, 5) is 14.6. The SMILES string of the molecule is COC(C)(C)CN1C(=O)C2(CC2)NC1c1ccc(Cl)cc1. The molecule has 4 nitrogen and oxygen atoms in total. The minimum absolute atomic E-state index is 0.105. The fourth-order valence-electron chi connectivity index (χ4n) is 2.82. The summed E-state index contributed by atoms with van der Waals surface area (Å²) in [6.07, 6.45) is 1.73. The fourth-order valence-corrected chi connectivity index (χ4v) is 2.95. The van der Waals surface area contributed by atoms with Gasteiger partial charge in [-0.15, -0.1) is 0 Å². The number of methoxy groups -OCH3 is 1. The van der Waals surface area contributed by atoms with Crippen LogP contribution in [0.5, 0.6) is 0 Å². The van der Waals surface area contributed by atoms with E-state index in [1.54, 1.807) is 7.11 Å². The number of amides is 1. The molecule has 1 saturated heterocycles. The number of nitrogens with zero attached hydrogens (tertiary/aromatic N) is 1. The molecule has 21 heavy (non-hydrogen) atoms. The third kappa shape index (κ3) is 2.68. The molecule has 1 aliphatic heterocycles. The van der Waals surface area contributed by atoms with Crippen molar-refractivity contribution in [3.8, 4) is 0 Å². The Morgan fingerprint density at radius 1 is 1.38 bits per heavy atom. The van der Waals surface area contributed by atoms with E-state index in [-0.39, 0.29) is 23.2 Å². The lowest BCUT2D eigenvalue weighted by molar-refractivity contribution is -0.134. The highest BCUT2D eigenvalue weighted by Crippen LogP contribution is 2.46. The Balaban J connectivity index is 1.89. The van der Waals surface area contributed by atoms with E-state index in [2.05, 4.69) is 5.32 Å². The summed E-state index contributed by atoms with van der Waals surface area (Å²) in [5.41, 5.74) is 0.347. The first-order chi connectivity index (χ1) is 9.87. The monoisotopic (exact) mass is 308 g/mol. The van der Waals surface area contributed by atoms with Gasteiger partial charge in [-0.2, -0.15) is 0 Å². The minimum Gasteiger partial charge on any atom is -0.377 e. The molecule has 1 aromatic rings. The number of benzene rings is 1. The Hall–Kier alpha value is -1.10. The zero-order chi connectivity index (χ0) is 15.3. The maximum absolute atomic E-state index is 12.7. The third-order valence-electron chi connectivity index (χ3n) is 4.43. The third-order valence-corrected chi connectivity index (χ3v) is 4.69. The molecule has 1 aliphatic carbocycles. The van der Waals surface area contributed by atoms with E-state index in [1.807, 2.05) is 43.0 Å². The van der Waals surface area contributed by atoms with Gasteiger partial charge in [0.1, 0.15) is 11.7 Å². The average molecular weight is 309 g/mol. The van der Waals surface area contributed by atoms with Gasteiger partial charge in [0.2, 0.25) is 5.91 Å². The molecule has 2 fully saturated rings. The van der Waals surface area contributed by atoms with Crippen molar-refractivity contribution in [2.45, 2.75) is 44.0 Å². The normalized spacial score (nSPS) is 23.9. The maximum Gasteiger partial charge on any atom is 0.244 e. The summed E-state index contributed by atoms with van der Waals surface area (Å²) in [6, 6.07) is 7.67. The van der Waals surface area contributed by atoms with Crippen LogP contribution in [0.2, 0.25) is 5.02 Å². The number of halogens is 1. The van der Waals surface area contributed by atoms with Crippen molar-refractivity contribution in [2.75, 3.05) is 13.7 Å². The van der Waals surface area contributed by atoms with Gasteiger partial charge in [-0.05, 0) is 44.4 Å². The van der Waals surface area contributed by atoms with Gasteiger partial charge < -0.3 is 9.64 Å². The first-order valence-electron chi connectivity index (χ1n) is 7.26. The van der Waals surface area contributed by atoms with Crippen molar-refractivity contribution < 1.29 is 9.53 Å². The second-order valence-corrected chi connectivity index (χ2v) is 7.01. The van der Waals surface area contributed by atoms with E-state index in [4.69, 9.17) is 16.3 Å². The number of nitrogens with one attached hydrogen (secondary N) is 1. The lowest BCUT2D eigenvalue weighted by Gasteiger charge is -2.32. The molecule has 1 saturated carbocycles. The summed E-state index contributed by atoms with van der Waals surface area (Å²) in [5.74, 6) is 0.188. The molecule has 1 heterocycles. The standard InChI is InChI=1S/C16H21ClN2O2/c1-15(2,21-3)10-19-13(11-4-6-12(17)7-5-11)18-16(8-9-16)14(19)20/h4-7,13,18H,8-10H2,1-3H3. The summed E-state index contributed by atoms with van der Waals surface area (Å²) in [6.45, 7) is 4.55. The molecule has 0 radical (unpaired) electrons. The van der Waals surface area contributed by atoms with Crippen molar-refractivity contribution >= 4 is 17.5 Å². The van der Waals surface area contributed by atoms with Gasteiger partial charge in [0, 0.05) is 12.1 Å². The van der Waals surface area contributed by atoms with E-state index in [0.29, 0.717) is 11.6 Å². The molecule has 1 unspecified atom stereocenters. The van der Waals surface area contributed by atoms with Gasteiger partial charge in [0.15, 0.2) is 0 Å². The van der Waals surface area contributed by atoms with Crippen LogP contribution in [0.3, 0.4) is 0 Å². The summed E-state index contributed by atoms with van der Waals surface area (Å²) in [7, 11) is 1.68. The number of rotatable bonds is 4. The van der Waals surface area contributed by atoms with Gasteiger partial charge in [-0.1, -0.05) is 23.7 Å². The first kappa shape index (κ1) is 14.8. The molecule has 1 N–H and O–H groups in total. The number of ether oxygens (including phenoxy) is 1. The summed E-state index contributed by atoms with van der Waals surface area (Å²) >= 11 is 5.96. The van der Waals surface area contributed by atoms with E-state index < -0.39 is 0 Å².